The Morgan fingerprint density at radius 1 is 0.373 bits per heavy atom. The van der Waals surface area contributed by atoms with E-state index in [4.69, 9.17) is 14.2 Å². The minimum Gasteiger partial charge on any atom is -0.462 e. The van der Waals surface area contributed by atoms with Crippen LogP contribution in [0, 0.1) is 5.92 Å². The van der Waals surface area contributed by atoms with Crippen molar-refractivity contribution in [2.24, 2.45) is 5.92 Å². The molecule has 51 heavy (non-hydrogen) atoms. The molecule has 0 aliphatic rings. The van der Waals surface area contributed by atoms with Gasteiger partial charge < -0.3 is 14.2 Å². The normalized spacial score (nSPS) is 11.9. The summed E-state index contributed by atoms with van der Waals surface area (Å²) in [4.78, 5) is 37.6. The van der Waals surface area contributed by atoms with Gasteiger partial charge in [0.2, 0.25) is 0 Å². The third kappa shape index (κ3) is 39.5. The van der Waals surface area contributed by atoms with Crippen molar-refractivity contribution in [3.05, 3.63) is 0 Å². The van der Waals surface area contributed by atoms with Crippen LogP contribution in [-0.2, 0) is 28.6 Å². The lowest BCUT2D eigenvalue weighted by molar-refractivity contribution is -0.167. The molecule has 0 bridgehead atoms. The Bertz CT molecular complexity index is 766. The number of carbonyl (C=O) groups is 3. The van der Waals surface area contributed by atoms with Crippen LogP contribution in [0.3, 0.4) is 0 Å². The van der Waals surface area contributed by atoms with Crippen LogP contribution in [0.1, 0.15) is 246 Å². The molecule has 0 aromatic carbocycles. The number of carbonyl (C=O) groups excluding carboxylic acids is 3. The van der Waals surface area contributed by atoms with Gasteiger partial charge in [0.15, 0.2) is 6.10 Å². The van der Waals surface area contributed by atoms with E-state index in [0.29, 0.717) is 19.3 Å². The summed E-state index contributed by atoms with van der Waals surface area (Å²) in [6.45, 7) is 8.95. The smallest absolute Gasteiger partial charge is 0.306 e. The van der Waals surface area contributed by atoms with Crippen molar-refractivity contribution in [1.29, 1.82) is 0 Å². The van der Waals surface area contributed by atoms with Gasteiger partial charge in [-0.05, 0) is 25.2 Å². The van der Waals surface area contributed by atoms with E-state index in [9.17, 15) is 14.4 Å². The summed E-state index contributed by atoms with van der Waals surface area (Å²) in [5, 5.41) is 0. The van der Waals surface area contributed by atoms with E-state index in [-0.39, 0.29) is 31.1 Å². The zero-order valence-electron chi connectivity index (χ0n) is 34.6. The van der Waals surface area contributed by atoms with Crippen molar-refractivity contribution in [2.45, 2.75) is 252 Å². The average molecular weight is 723 g/mol. The molecule has 0 aliphatic carbocycles. The summed E-state index contributed by atoms with van der Waals surface area (Å²) in [6, 6.07) is 0. The van der Waals surface area contributed by atoms with Crippen LogP contribution in [0.4, 0.5) is 0 Å². The lowest BCUT2D eigenvalue weighted by Crippen LogP contribution is -2.30. The molecule has 0 saturated carbocycles. The van der Waals surface area contributed by atoms with Crippen molar-refractivity contribution in [3.8, 4) is 0 Å². The molecule has 0 N–H and O–H groups in total. The van der Waals surface area contributed by atoms with Crippen molar-refractivity contribution in [3.63, 3.8) is 0 Å². The van der Waals surface area contributed by atoms with Gasteiger partial charge in [-0.3, -0.25) is 14.4 Å². The Morgan fingerprint density at radius 2 is 0.647 bits per heavy atom. The second kappa shape index (κ2) is 39.6. The summed E-state index contributed by atoms with van der Waals surface area (Å²) >= 11 is 0. The number of ether oxygens (including phenoxy) is 3. The van der Waals surface area contributed by atoms with Gasteiger partial charge in [0.25, 0.3) is 0 Å². The van der Waals surface area contributed by atoms with Gasteiger partial charge >= 0.3 is 17.9 Å². The molecular formula is C45H86O6. The first kappa shape index (κ1) is 49.4. The molecular weight excluding hydrogens is 636 g/mol. The maximum absolute atomic E-state index is 12.7. The van der Waals surface area contributed by atoms with Crippen LogP contribution >= 0.6 is 0 Å². The quantitative estimate of drug-likeness (QED) is 0.0356. The highest BCUT2D eigenvalue weighted by atomic mass is 16.6. The molecule has 0 fully saturated rings. The van der Waals surface area contributed by atoms with Gasteiger partial charge in [-0.15, -0.1) is 0 Å². The molecule has 0 aromatic heterocycles. The fourth-order valence-electron chi connectivity index (χ4n) is 6.63. The van der Waals surface area contributed by atoms with E-state index in [1.807, 2.05) is 0 Å². The summed E-state index contributed by atoms with van der Waals surface area (Å²) in [5.74, 6) is -0.0491. The largest absolute Gasteiger partial charge is 0.462 e. The van der Waals surface area contributed by atoms with Crippen LogP contribution in [-0.4, -0.2) is 37.2 Å². The van der Waals surface area contributed by atoms with E-state index < -0.39 is 6.10 Å². The molecule has 6 nitrogen and oxygen atoms in total. The van der Waals surface area contributed by atoms with E-state index >= 15 is 0 Å². The first-order chi connectivity index (χ1) is 24.9. The molecule has 0 radical (unpaired) electrons. The molecule has 302 valence electrons. The van der Waals surface area contributed by atoms with Gasteiger partial charge in [-0.1, -0.05) is 207 Å². The SMILES string of the molecule is CCCCCCCCCCCCCC(=O)OC[C@H](COC(=O)CCCCCCCCCCCC(C)C)OC(=O)CCCCCCCCCCCC. The maximum Gasteiger partial charge on any atom is 0.306 e. The third-order valence-corrected chi connectivity index (χ3v) is 10.0. The fourth-order valence-corrected chi connectivity index (χ4v) is 6.63. The molecule has 0 heterocycles. The summed E-state index contributed by atoms with van der Waals surface area (Å²) < 4.78 is 16.7. The predicted molar refractivity (Wildman–Crippen MR) is 215 cm³/mol. The Labute approximate surface area is 317 Å². The highest BCUT2D eigenvalue weighted by Gasteiger charge is 2.19. The highest BCUT2D eigenvalue weighted by Crippen LogP contribution is 2.16. The maximum atomic E-state index is 12.7. The number of esters is 3. The molecule has 0 rings (SSSR count). The summed E-state index contributed by atoms with van der Waals surface area (Å²) in [6.07, 6.45) is 38.0. The van der Waals surface area contributed by atoms with Gasteiger partial charge in [0.1, 0.15) is 13.2 Å². The number of unbranched alkanes of at least 4 members (excludes halogenated alkanes) is 27. The fraction of sp³-hybridized carbons (Fsp3) is 0.933. The van der Waals surface area contributed by atoms with Gasteiger partial charge in [0, 0.05) is 19.3 Å². The molecule has 0 aliphatic heterocycles. The lowest BCUT2D eigenvalue weighted by Gasteiger charge is -2.18. The second-order valence-electron chi connectivity index (χ2n) is 15.8. The summed E-state index contributed by atoms with van der Waals surface area (Å²) in [5.41, 5.74) is 0. The van der Waals surface area contributed by atoms with Crippen LogP contribution in [0.15, 0.2) is 0 Å². The number of hydrogen-bond acceptors (Lipinski definition) is 6. The Balaban J connectivity index is 4.33. The van der Waals surface area contributed by atoms with E-state index in [2.05, 4.69) is 27.7 Å². The van der Waals surface area contributed by atoms with Gasteiger partial charge in [0.05, 0.1) is 0 Å². The van der Waals surface area contributed by atoms with Gasteiger partial charge in [-0.2, -0.15) is 0 Å². The minimum absolute atomic E-state index is 0.0641. The second-order valence-corrected chi connectivity index (χ2v) is 15.8. The molecule has 6 heteroatoms. The molecule has 0 amide bonds. The topological polar surface area (TPSA) is 78.9 Å². The summed E-state index contributed by atoms with van der Waals surface area (Å²) in [7, 11) is 0. The van der Waals surface area contributed by atoms with Crippen LogP contribution < -0.4 is 0 Å². The highest BCUT2D eigenvalue weighted by molar-refractivity contribution is 5.71. The van der Waals surface area contributed by atoms with Crippen LogP contribution in [0.2, 0.25) is 0 Å². The lowest BCUT2D eigenvalue weighted by atomic mass is 10.0. The van der Waals surface area contributed by atoms with Gasteiger partial charge in [-0.25, -0.2) is 0 Å². The first-order valence-corrected chi connectivity index (χ1v) is 22.4. The van der Waals surface area contributed by atoms with E-state index in [1.165, 1.54) is 141 Å². The Kier molecular flexibility index (Phi) is 38.4. The zero-order valence-corrected chi connectivity index (χ0v) is 34.6. The number of rotatable bonds is 40. The predicted octanol–water partition coefficient (Wildman–Crippen LogP) is 13.9. The minimum atomic E-state index is -0.758. The van der Waals surface area contributed by atoms with Crippen LogP contribution in [0.25, 0.3) is 0 Å². The van der Waals surface area contributed by atoms with E-state index in [0.717, 1.165) is 63.7 Å². The molecule has 0 unspecified atom stereocenters. The Morgan fingerprint density at radius 3 is 0.961 bits per heavy atom. The van der Waals surface area contributed by atoms with Crippen molar-refractivity contribution >= 4 is 17.9 Å². The standard InChI is InChI=1S/C45H86O6/c1-5-7-9-11-13-15-17-21-24-28-32-36-43(46)49-39-42(51-45(48)38-34-30-26-20-16-14-12-10-8-6-2)40-50-44(47)37-33-29-25-22-18-19-23-27-31-35-41(3)4/h41-42H,5-40H2,1-4H3/t42-/m1/s1. The first-order valence-electron chi connectivity index (χ1n) is 22.4. The van der Waals surface area contributed by atoms with E-state index in [1.54, 1.807) is 0 Å². The zero-order chi connectivity index (χ0) is 37.5. The molecule has 0 saturated heterocycles. The van der Waals surface area contributed by atoms with Crippen molar-refractivity contribution in [1.82, 2.24) is 0 Å². The van der Waals surface area contributed by atoms with Crippen molar-refractivity contribution in [2.75, 3.05) is 13.2 Å². The number of hydrogen-bond donors (Lipinski definition) is 0. The average Bonchev–Trinajstić information content (AvgIpc) is 3.11. The van der Waals surface area contributed by atoms with Crippen molar-refractivity contribution < 1.29 is 28.6 Å². The monoisotopic (exact) mass is 723 g/mol. The molecule has 1 atom stereocenters. The Hall–Kier alpha value is -1.59. The molecule has 0 spiro atoms. The molecule has 0 aromatic rings. The third-order valence-electron chi connectivity index (χ3n) is 10.0. The van der Waals surface area contributed by atoms with Crippen LogP contribution in [0.5, 0.6) is 0 Å².